The van der Waals surface area contributed by atoms with Gasteiger partial charge in [0, 0.05) is 18.2 Å². The number of carbonyl (C=O) groups excluding carboxylic acids is 1. The van der Waals surface area contributed by atoms with E-state index >= 15 is 0 Å². The summed E-state index contributed by atoms with van der Waals surface area (Å²) in [7, 11) is 0. The van der Waals surface area contributed by atoms with Gasteiger partial charge in [-0.2, -0.15) is 0 Å². The Balaban J connectivity index is 1.82. The molecular weight excluding hydrogens is 292 g/mol. The highest BCUT2D eigenvalue weighted by atomic mass is 16.5. The molecule has 1 aliphatic rings. The first-order valence-corrected chi connectivity index (χ1v) is 7.93. The predicted octanol–water partition coefficient (Wildman–Crippen LogP) is 3.03. The zero-order chi connectivity index (χ0) is 16.6. The van der Waals surface area contributed by atoms with Gasteiger partial charge >= 0.3 is 0 Å². The Labute approximate surface area is 135 Å². The van der Waals surface area contributed by atoms with E-state index in [0.717, 1.165) is 18.4 Å². The third kappa shape index (κ3) is 3.15. The van der Waals surface area contributed by atoms with Gasteiger partial charge in [0.2, 0.25) is 5.76 Å². The summed E-state index contributed by atoms with van der Waals surface area (Å²) in [5, 5.41) is 14.3. The molecule has 5 heteroatoms. The van der Waals surface area contributed by atoms with Crippen LogP contribution in [0.4, 0.5) is 0 Å². The first-order chi connectivity index (χ1) is 10.9. The molecule has 23 heavy (non-hydrogen) atoms. The molecule has 0 aliphatic carbocycles. The monoisotopic (exact) mass is 314 g/mol. The van der Waals surface area contributed by atoms with Crippen LogP contribution in [0.3, 0.4) is 0 Å². The summed E-state index contributed by atoms with van der Waals surface area (Å²) >= 11 is 0. The minimum absolute atomic E-state index is 0.192. The molecule has 1 atom stereocenters. The lowest BCUT2D eigenvalue weighted by molar-refractivity contribution is -0.00104. The van der Waals surface area contributed by atoms with Gasteiger partial charge in [-0.15, -0.1) is 0 Å². The molecule has 1 aromatic heterocycles. The van der Waals surface area contributed by atoms with Gasteiger partial charge in [-0.05, 0) is 33.6 Å². The second-order valence-corrected chi connectivity index (χ2v) is 6.75. The molecule has 0 spiro atoms. The molecule has 122 valence electrons. The first kappa shape index (κ1) is 15.7. The summed E-state index contributed by atoms with van der Waals surface area (Å²) < 4.78 is 5.26. The molecule has 3 rings (SSSR count). The van der Waals surface area contributed by atoms with Crippen molar-refractivity contribution >= 4 is 5.91 Å². The van der Waals surface area contributed by atoms with E-state index in [4.69, 9.17) is 4.52 Å². The summed E-state index contributed by atoms with van der Waals surface area (Å²) in [5.74, 6) is 0.0113. The number of aliphatic hydroxyl groups is 1. The molecule has 2 heterocycles. The third-order valence-corrected chi connectivity index (χ3v) is 4.40. The van der Waals surface area contributed by atoms with Crippen LogP contribution < -0.4 is 0 Å². The smallest absolute Gasteiger partial charge is 0.292 e. The van der Waals surface area contributed by atoms with Crippen LogP contribution in [0, 0.1) is 6.92 Å². The summed E-state index contributed by atoms with van der Waals surface area (Å²) in [6.45, 7) is 6.13. The van der Waals surface area contributed by atoms with Crippen LogP contribution in [0.15, 0.2) is 34.9 Å². The number of hydrogen-bond acceptors (Lipinski definition) is 4. The van der Waals surface area contributed by atoms with Crippen LogP contribution in [-0.4, -0.2) is 39.3 Å². The zero-order valence-corrected chi connectivity index (χ0v) is 13.7. The fourth-order valence-corrected chi connectivity index (χ4v) is 3.12. The topological polar surface area (TPSA) is 66.6 Å². The van der Waals surface area contributed by atoms with E-state index in [1.165, 1.54) is 5.56 Å². The van der Waals surface area contributed by atoms with Gasteiger partial charge in [0.1, 0.15) is 5.69 Å². The second-order valence-electron chi connectivity index (χ2n) is 6.75. The van der Waals surface area contributed by atoms with E-state index < -0.39 is 5.60 Å². The van der Waals surface area contributed by atoms with Gasteiger partial charge in [0.05, 0.1) is 11.6 Å². The van der Waals surface area contributed by atoms with Crippen molar-refractivity contribution in [2.24, 2.45) is 0 Å². The normalized spacial score (nSPS) is 18.4. The van der Waals surface area contributed by atoms with Gasteiger partial charge in [0.15, 0.2) is 0 Å². The second kappa shape index (κ2) is 5.81. The van der Waals surface area contributed by atoms with Gasteiger partial charge in [-0.25, -0.2) is 0 Å². The number of rotatable bonds is 3. The molecule has 1 N–H and O–H groups in total. The SMILES string of the molecule is Cc1ccc(-c2cc(C(=O)N3CCCC3C(C)(C)O)on2)cc1. The fraction of sp³-hybridized carbons (Fsp3) is 0.444. The molecule has 1 saturated heterocycles. The number of amides is 1. The van der Waals surface area contributed by atoms with Crippen molar-refractivity contribution in [3.8, 4) is 11.3 Å². The van der Waals surface area contributed by atoms with Crippen LogP contribution >= 0.6 is 0 Å². The Morgan fingerprint density at radius 1 is 1.35 bits per heavy atom. The maximum absolute atomic E-state index is 12.7. The van der Waals surface area contributed by atoms with E-state index in [1.54, 1.807) is 24.8 Å². The fourth-order valence-electron chi connectivity index (χ4n) is 3.12. The van der Waals surface area contributed by atoms with Crippen LogP contribution in [-0.2, 0) is 0 Å². The van der Waals surface area contributed by atoms with Crippen molar-refractivity contribution in [3.63, 3.8) is 0 Å². The maximum atomic E-state index is 12.7. The molecule has 1 unspecified atom stereocenters. The lowest BCUT2D eigenvalue weighted by atomic mass is 9.96. The van der Waals surface area contributed by atoms with Crippen molar-refractivity contribution in [1.29, 1.82) is 0 Å². The lowest BCUT2D eigenvalue weighted by Gasteiger charge is -2.33. The Morgan fingerprint density at radius 2 is 2.04 bits per heavy atom. The predicted molar refractivity (Wildman–Crippen MR) is 87.0 cm³/mol. The van der Waals surface area contributed by atoms with Crippen LogP contribution in [0.25, 0.3) is 11.3 Å². The van der Waals surface area contributed by atoms with Crippen LogP contribution in [0.5, 0.6) is 0 Å². The minimum Gasteiger partial charge on any atom is -0.388 e. The van der Waals surface area contributed by atoms with Crippen molar-refractivity contribution < 1.29 is 14.4 Å². The van der Waals surface area contributed by atoms with E-state index in [2.05, 4.69) is 5.16 Å². The van der Waals surface area contributed by atoms with Crippen molar-refractivity contribution in [2.75, 3.05) is 6.54 Å². The minimum atomic E-state index is -0.925. The van der Waals surface area contributed by atoms with Crippen molar-refractivity contribution in [3.05, 3.63) is 41.7 Å². The number of carbonyl (C=O) groups is 1. The van der Waals surface area contributed by atoms with E-state index in [1.807, 2.05) is 31.2 Å². The average molecular weight is 314 g/mol. The zero-order valence-electron chi connectivity index (χ0n) is 13.7. The molecule has 0 radical (unpaired) electrons. The van der Waals surface area contributed by atoms with E-state index in [-0.39, 0.29) is 17.7 Å². The molecule has 1 aliphatic heterocycles. The molecular formula is C18H22N2O3. The highest BCUT2D eigenvalue weighted by molar-refractivity contribution is 5.93. The van der Waals surface area contributed by atoms with Gasteiger partial charge in [-0.3, -0.25) is 4.79 Å². The number of hydrogen-bond donors (Lipinski definition) is 1. The Kier molecular flexibility index (Phi) is 3.98. The third-order valence-electron chi connectivity index (χ3n) is 4.40. The Bertz CT molecular complexity index is 698. The highest BCUT2D eigenvalue weighted by Crippen LogP contribution is 2.29. The molecule has 1 aromatic carbocycles. The summed E-state index contributed by atoms with van der Waals surface area (Å²) in [5.41, 5.74) is 1.80. The number of aryl methyl sites for hydroxylation is 1. The average Bonchev–Trinajstić information content (AvgIpc) is 3.16. The van der Waals surface area contributed by atoms with Gasteiger partial charge in [-0.1, -0.05) is 35.0 Å². The summed E-state index contributed by atoms with van der Waals surface area (Å²) in [4.78, 5) is 14.4. The number of nitrogens with zero attached hydrogens (tertiary/aromatic N) is 2. The molecule has 1 fully saturated rings. The van der Waals surface area contributed by atoms with Crippen LogP contribution in [0.2, 0.25) is 0 Å². The molecule has 0 bridgehead atoms. The quantitative estimate of drug-likeness (QED) is 0.945. The first-order valence-electron chi connectivity index (χ1n) is 7.93. The number of likely N-dealkylation sites (tertiary alicyclic amines) is 1. The number of aromatic nitrogens is 1. The summed E-state index contributed by atoms with van der Waals surface area (Å²) in [6.07, 6.45) is 1.69. The maximum Gasteiger partial charge on any atom is 0.292 e. The number of benzene rings is 1. The molecule has 0 saturated carbocycles. The Morgan fingerprint density at radius 3 is 2.70 bits per heavy atom. The van der Waals surface area contributed by atoms with Crippen molar-refractivity contribution in [1.82, 2.24) is 10.1 Å². The standard InChI is InChI=1S/C18H22N2O3/c1-12-6-8-13(9-7-12)14-11-15(23-19-14)17(21)20-10-4-5-16(20)18(2,3)22/h6-9,11,16,22H,4-5,10H2,1-3H3. The lowest BCUT2D eigenvalue weighted by Crippen LogP contribution is -2.48. The molecule has 1 amide bonds. The van der Waals surface area contributed by atoms with E-state index in [9.17, 15) is 9.90 Å². The molecule has 2 aromatic rings. The van der Waals surface area contributed by atoms with Crippen LogP contribution in [0.1, 0.15) is 42.8 Å². The largest absolute Gasteiger partial charge is 0.388 e. The highest BCUT2D eigenvalue weighted by Gasteiger charge is 2.39. The van der Waals surface area contributed by atoms with E-state index in [0.29, 0.717) is 12.2 Å². The molecule has 5 nitrogen and oxygen atoms in total. The van der Waals surface area contributed by atoms with Gasteiger partial charge in [0.25, 0.3) is 5.91 Å². The van der Waals surface area contributed by atoms with Gasteiger partial charge < -0.3 is 14.5 Å². The Hall–Kier alpha value is -2.14. The van der Waals surface area contributed by atoms with Crippen molar-refractivity contribution in [2.45, 2.75) is 45.3 Å². The summed E-state index contributed by atoms with van der Waals surface area (Å²) in [6, 6.07) is 9.38.